The van der Waals surface area contributed by atoms with Gasteiger partial charge in [-0.05, 0) is 112 Å². The minimum Gasteiger partial charge on any atom is -0.364 e. The summed E-state index contributed by atoms with van der Waals surface area (Å²) in [4.78, 5) is 36.1. The van der Waals surface area contributed by atoms with E-state index in [2.05, 4.69) is 42.6 Å². The molecule has 5 atom stereocenters. The molecule has 0 aromatic rings. The van der Waals surface area contributed by atoms with Gasteiger partial charge in [0.15, 0.2) is 0 Å². The van der Waals surface area contributed by atoms with Crippen LogP contribution in [0.5, 0.6) is 0 Å². The lowest BCUT2D eigenvalue weighted by Crippen LogP contribution is -2.47. The fourth-order valence-corrected chi connectivity index (χ4v) is 5.35. The highest BCUT2D eigenvalue weighted by molar-refractivity contribution is 5.82. The van der Waals surface area contributed by atoms with E-state index in [-0.39, 0.29) is 52.7 Å². The van der Waals surface area contributed by atoms with E-state index < -0.39 is 0 Å². The maximum atomic E-state index is 12.1. The fourth-order valence-electron chi connectivity index (χ4n) is 5.35. The van der Waals surface area contributed by atoms with Crippen LogP contribution >= 0.6 is 0 Å². The quantitative estimate of drug-likeness (QED) is 0.128. The van der Waals surface area contributed by atoms with Crippen molar-refractivity contribution in [2.45, 2.75) is 162 Å². The summed E-state index contributed by atoms with van der Waals surface area (Å²) in [7, 11) is 0. The van der Waals surface area contributed by atoms with E-state index >= 15 is 0 Å². The summed E-state index contributed by atoms with van der Waals surface area (Å²) in [6.07, 6.45) is 14.1. The molecule has 0 saturated heterocycles. The molecule has 0 radical (unpaired) electrons. The van der Waals surface area contributed by atoms with Crippen molar-refractivity contribution in [1.82, 2.24) is 16.0 Å². The molecule has 50 heavy (non-hydrogen) atoms. The highest BCUT2D eigenvalue weighted by Gasteiger charge is 2.37. The lowest BCUT2D eigenvalue weighted by molar-refractivity contribution is -0.135. The molecule has 0 aliphatic heterocycles. The number of rotatable bonds is 18. The molecule has 288 valence electrons. The molecular formula is C41H73N3O6. The Morgan fingerprint density at radius 1 is 0.600 bits per heavy atom. The van der Waals surface area contributed by atoms with Gasteiger partial charge < -0.3 is 30.2 Å². The van der Waals surface area contributed by atoms with Crippen LogP contribution in [0.1, 0.15) is 127 Å². The summed E-state index contributed by atoms with van der Waals surface area (Å²) >= 11 is 0. The third-order valence-electron chi connectivity index (χ3n) is 8.43. The van der Waals surface area contributed by atoms with Crippen molar-refractivity contribution < 1.29 is 28.6 Å². The molecule has 0 heterocycles. The van der Waals surface area contributed by atoms with Crippen molar-refractivity contribution in [2.75, 3.05) is 19.8 Å². The number of hydrogen-bond acceptors (Lipinski definition) is 6. The molecule has 3 fully saturated rings. The number of carbonyl (C=O) groups excluding carboxylic acids is 3. The monoisotopic (exact) mass is 704 g/mol. The molecule has 0 aromatic heterocycles. The van der Waals surface area contributed by atoms with E-state index in [0.717, 1.165) is 25.2 Å². The zero-order valence-corrected chi connectivity index (χ0v) is 33.3. The van der Waals surface area contributed by atoms with E-state index in [1.165, 1.54) is 38.5 Å². The maximum Gasteiger partial charge on any atom is 0.249 e. The Balaban J connectivity index is 0.000000375. The summed E-state index contributed by atoms with van der Waals surface area (Å²) < 4.78 is 16.7. The second-order valence-corrected chi connectivity index (χ2v) is 17.5. The molecule has 0 bridgehead atoms. The first kappa shape index (κ1) is 45.5. The molecule has 9 nitrogen and oxygen atoms in total. The third-order valence-corrected chi connectivity index (χ3v) is 8.43. The first-order chi connectivity index (χ1) is 23.2. The van der Waals surface area contributed by atoms with Crippen molar-refractivity contribution in [3.63, 3.8) is 0 Å². The van der Waals surface area contributed by atoms with Crippen LogP contribution < -0.4 is 16.0 Å². The first-order valence-corrected chi connectivity index (χ1v) is 18.8. The molecule has 3 rings (SSSR count). The minimum atomic E-state index is -0.331. The highest BCUT2D eigenvalue weighted by atomic mass is 16.5. The van der Waals surface area contributed by atoms with Crippen LogP contribution in [0.15, 0.2) is 38.0 Å². The number of amides is 3. The molecule has 0 spiro atoms. The van der Waals surface area contributed by atoms with Crippen LogP contribution in [0.2, 0.25) is 0 Å². The minimum absolute atomic E-state index is 0.00116. The first-order valence-electron chi connectivity index (χ1n) is 18.8. The van der Waals surface area contributed by atoms with Crippen LogP contribution in [0.3, 0.4) is 0 Å². The molecule has 9 heteroatoms. The van der Waals surface area contributed by atoms with Crippen LogP contribution in [0, 0.1) is 23.7 Å². The third kappa shape index (κ3) is 22.4. The molecule has 5 unspecified atom stereocenters. The molecule has 3 amide bonds. The van der Waals surface area contributed by atoms with Gasteiger partial charge in [0.05, 0.1) is 19.8 Å². The highest BCUT2D eigenvalue weighted by Crippen LogP contribution is 2.41. The predicted molar refractivity (Wildman–Crippen MR) is 205 cm³/mol. The van der Waals surface area contributed by atoms with Gasteiger partial charge in [-0.25, -0.2) is 0 Å². The van der Waals surface area contributed by atoms with Crippen molar-refractivity contribution in [3.8, 4) is 0 Å². The number of nitrogens with one attached hydrogen (secondary N) is 3. The summed E-state index contributed by atoms with van der Waals surface area (Å²) in [6.45, 7) is 32.2. The normalized spacial score (nSPS) is 20.5. The second kappa shape index (κ2) is 21.8. The van der Waals surface area contributed by atoms with Gasteiger partial charge in [0.1, 0.15) is 18.3 Å². The Hall–Kier alpha value is -2.49. The lowest BCUT2D eigenvalue weighted by Gasteiger charge is -2.31. The van der Waals surface area contributed by atoms with Crippen LogP contribution in [0.25, 0.3) is 0 Å². The second-order valence-electron chi connectivity index (χ2n) is 17.5. The van der Waals surface area contributed by atoms with E-state index in [1.54, 1.807) is 18.2 Å². The van der Waals surface area contributed by atoms with Crippen molar-refractivity contribution in [3.05, 3.63) is 38.0 Å². The summed E-state index contributed by atoms with van der Waals surface area (Å²) in [5.41, 5.74) is -0.606. The Bertz CT molecular complexity index is 1010. The van der Waals surface area contributed by atoms with Gasteiger partial charge in [-0.3, -0.25) is 14.4 Å². The Morgan fingerprint density at radius 3 is 1.12 bits per heavy atom. The maximum absolute atomic E-state index is 12.1. The average molecular weight is 704 g/mol. The predicted octanol–water partition coefficient (Wildman–Crippen LogP) is 7.45. The van der Waals surface area contributed by atoms with Gasteiger partial charge in [0.25, 0.3) is 0 Å². The fraction of sp³-hybridized carbons (Fsp3) is 0.780. The van der Waals surface area contributed by atoms with Gasteiger partial charge in [0.2, 0.25) is 17.7 Å². The van der Waals surface area contributed by atoms with Crippen molar-refractivity contribution in [1.29, 1.82) is 0 Å². The van der Waals surface area contributed by atoms with Crippen molar-refractivity contribution >= 4 is 17.7 Å². The molecule has 3 aliphatic rings. The molecule has 0 aromatic carbocycles. The Kier molecular flexibility index (Phi) is 19.8. The summed E-state index contributed by atoms with van der Waals surface area (Å²) in [5, 5.41) is 8.92. The van der Waals surface area contributed by atoms with Crippen molar-refractivity contribution in [2.24, 2.45) is 23.7 Å². The van der Waals surface area contributed by atoms with Gasteiger partial charge in [-0.2, -0.15) is 0 Å². The molecule has 3 N–H and O–H groups in total. The zero-order valence-electron chi connectivity index (χ0n) is 33.3. The molecule has 3 saturated carbocycles. The number of carbonyl (C=O) groups is 3. The Morgan fingerprint density at radius 2 is 0.900 bits per heavy atom. The largest absolute Gasteiger partial charge is 0.364 e. The SMILES string of the molecule is C=CCOC(CC1CC1)C(=O)NC(C)(C)C.C=CCOC(CC1CC1C)C(=O)NC(C)(C)C.C=CCOC(CC1CCC1)C(=O)NC(C)(C)C. The Labute approximate surface area is 305 Å². The number of hydrogen-bond donors (Lipinski definition) is 3. The van der Waals surface area contributed by atoms with Crippen LogP contribution in [-0.2, 0) is 28.6 Å². The molecule has 3 aliphatic carbocycles. The van der Waals surface area contributed by atoms with E-state index in [4.69, 9.17) is 14.2 Å². The zero-order chi connectivity index (χ0) is 38.1. The van der Waals surface area contributed by atoms with Gasteiger partial charge >= 0.3 is 0 Å². The van der Waals surface area contributed by atoms with Crippen LogP contribution in [-0.4, -0.2) is 72.5 Å². The van der Waals surface area contributed by atoms with E-state index in [9.17, 15) is 14.4 Å². The smallest absolute Gasteiger partial charge is 0.249 e. The standard InChI is InChI=1S/2C14H25NO2.C13H23NO2/c1-6-7-17-12(9-11-8-10(11)2)13(16)15-14(3,4)5;1-5-9-17-12(10-11-7-6-8-11)13(16)15-14(2,3)4;1-5-8-16-11(9-10-6-7-10)12(15)14-13(2,3)4/h6,10-12H,1,7-9H2,2-5H3,(H,15,16);5,11-12H,1,6-10H2,2-4H3,(H,15,16);5,10-11H,1,6-9H2,2-4H3,(H,14,15). The average Bonchev–Trinajstić information content (AvgIpc) is 3.89. The number of ether oxygens (including phenoxy) is 3. The topological polar surface area (TPSA) is 115 Å². The van der Waals surface area contributed by atoms with E-state index in [0.29, 0.717) is 37.6 Å². The summed E-state index contributed by atoms with van der Waals surface area (Å²) in [5.74, 6) is 2.74. The molecular weight excluding hydrogens is 630 g/mol. The van der Waals surface area contributed by atoms with E-state index in [1.807, 2.05) is 62.3 Å². The van der Waals surface area contributed by atoms with Crippen LogP contribution in [0.4, 0.5) is 0 Å². The van der Waals surface area contributed by atoms with Gasteiger partial charge in [-0.15, -0.1) is 19.7 Å². The summed E-state index contributed by atoms with van der Waals surface area (Å²) in [6, 6.07) is 0. The lowest BCUT2D eigenvalue weighted by atomic mass is 9.81. The van der Waals surface area contributed by atoms with Gasteiger partial charge in [0, 0.05) is 16.6 Å². The van der Waals surface area contributed by atoms with Gasteiger partial charge in [-0.1, -0.05) is 57.3 Å².